The van der Waals surface area contributed by atoms with Crippen molar-refractivity contribution in [2.24, 2.45) is 0 Å². The monoisotopic (exact) mass is 342 g/mol. The molecular formula is C13H15BrN2O4. The van der Waals surface area contributed by atoms with Crippen molar-refractivity contribution in [2.75, 3.05) is 7.11 Å². The minimum atomic E-state index is -0.948. The third-order valence-electron chi connectivity index (χ3n) is 2.45. The smallest absolute Gasteiger partial charge is 0.339 e. The van der Waals surface area contributed by atoms with Gasteiger partial charge >= 0.3 is 5.97 Å². The fourth-order valence-corrected chi connectivity index (χ4v) is 1.76. The molecule has 0 saturated heterocycles. The van der Waals surface area contributed by atoms with Crippen LogP contribution in [0.5, 0.6) is 0 Å². The van der Waals surface area contributed by atoms with Crippen LogP contribution in [0.3, 0.4) is 0 Å². The van der Waals surface area contributed by atoms with E-state index in [2.05, 4.69) is 31.3 Å². The fourth-order valence-electron chi connectivity index (χ4n) is 1.35. The lowest BCUT2D eigenvalue weighted by molar-refractivity contribution is -0.142. The average Bonchev–Trinajstić information content (AvgIpc) is 2.46. The van der Waals surface area contributed by atoms with Crippen LogP contribution in [-0.2, 0) is 14.3 Å². The number of halogens is 1. The summed E-state index contributed by atoms with van der Waals surface area (Å²) in [5.74, 6) is -1.49. The Kier molecular flexibility index (Phi) is 6.17. The molecule has 2 N–H and O–H groups in total. The molecule has 0 aliphatic heterocycles. The summed E-state index contributed by atoms with van der Waals surface area (Å²) in [6.07, 6.45) is 0. The molecule has 0 spiro atoms. The fraction of sp³-hybridized carbons (Fsp3) is 0.308. The topological polar surface area (TPSA) is 84.5 Å². The molecule has 0 radical (unpaired) electrons. The number of carbonyl (C=O) groups is 3. The van der Waals surface area contributed by atoms with Gasteiger partial charge in [0, 0.05) is 5.56 Å². The third-order valence-corrected chi connectivity index (χ3v) is 3.06. The molecule has 108 valence electrons. The van der Waals surface area contributed by atoms with Crippen molar-refractivity contribution in [3.05, 3.63) is 35.9 Å². The van der Waals surface area contributed by atoms with E-state index in [-0.39, 0.29) is 5.91 Å². The van der Waals surface area contributed by atoms with E-state index in [0.717, 1.165) is 0 Å². The predicted molar refractivity (Wildman–Crippen MR) is 76.2 cm³/mol. The summed E-state index contributed by atoms with van der Waals surface area (Å²) in [7, 11) is 1.21. The van der Waals surface area contributed by atoms with Crippen molar-refractivity contribution in [1.29, 1.82) is 0 Å². The van der Waals surface area contributed by atoms with E-state index >= 15 is 0 Å². The number of nitrogens with one attached hydrogen (secondary N) is 2. The lowest BCUT2D eigenvalue weighted by Crippen LogP contribution is -2.48. The van der Waals surface area contributed by atoms with E-state index in [1.165, 1.54) is 14.0 Å². The molecule has 6 nitrogen and oxygen atoms in total. The van der Waals surface area contributed by atoms with Crippen LogP contribution in [-0.4, -0.2) is 35.9 Å². The Morgan fingerprint density at radius 1 is 1.15 bits per heavy atom. The van der Waals surface area contributed by atoms with Crippen LogP contribution in [0.4, 0.5) is 0 Å². The van der Waals surface area contributed by atoms with E-state index in [9.17, 15) is 14.4 Å². The number of rotatable bonds is 5. The number of esters is 1. The number of hydrogen-bond acceptors (Lipinski definition) is 4. The molecule has 2 amide bonds. The molecule has 1 aromatic carbocycles. The first-order chi connectivity index (χ1) is 9.45. The summed E-state index contributed by atoms with van der Waals surface area (Å²) in [4.78, 5) is 33.8. The van der Waals surface area contributed by atoms with Gasteiger partial charge in [-0.05, 0) is 19.1 Å². The first-order valence-corrected chi connectivity index (χ1v) is 6.75. The van der Waals surface area contributed by atoms with Gasteiger partial charge in [0.15, 0.2) is 4.95 Å². The van der Waals surface area contributed by atoms with Crippen molar-refractivity contribution in [2.45, 2.75) is 17.9 Å². The number of ether oxygens (including phenoxy) is 1. The zero-order valence-corrected chi connectivity index (χ0v) is 12.6. The van der Waals surface area contributed by atoms with Gasteiger partial charge in [-0.3, -0.25) is 9.59 Å². The first kappa shape index (κ1) is 16.2. The molecule has 0 heterocycles. The second kappa shape index (κ2) is 7.64. The second-order valence-electron chi connectivity index (χ2n) is 3.96. The summed E-state index contributed by atoms with van der Waals surface area (Å²) in [5, 5.41) is 4.91. The van der Waals surface area contributed by atoms with Gasteiger partial charge in [-0.25, -0.2) is 4.79 Å². The van der Waals surface area contributed by atoms with Crippen LogP contribution in [0.15, 0.2) is 30.3 Å². The number of benzene rings is 1. The van der Waals surface area contributed by atoms with Crippen LogP contribution >= 0.6 is 15.9 Å². The van der Waals surface area contributed by atoms with E-state index in [0.29, 0.717) is 5.56 Å². The van der Waals surface area contributed by atoms with E-state index in [4.69, 9.17) is 0 Å². The van der Waals surface area contributed by atoms with Gasteiger partial charge in [-0.1, -0.05) is 34.1 Å². The van der Waals surface area contributed by atoms with E-state index in [1.807, 2.05) is 0 Å². The Balaban J connectivity index is 2.54. The van der Waals surface area contributed by atoms with Gasteiger partial charge in [0.2, 0.25) is 5.91 Å². The summed E-state index contributed by atoms with van der Waals surface area (Å²) in [5.41, 5.74) is 0.454. The predicted octanol–water partition coefficient (Wildman–Crippen LogP) is 0.815. The lowest BCUT2D eigenvalue weighted by Gasteiger charge is -2.16. The zero-order chi connectivity index (χ0) is 15.1. The van der Waals surface area contributed by atoms with Crippen molar-refractivity contribution in [3.8, 4) is 0 Å². The van der Waals surface area contributed by atoms with Gasteiger partial charge in [0.1, 0.15) is 6.04 Å². The van der Waals surface area contributed by atoms with Gasteiger partial charge in [-0.2, -0.15) is 0 Å². The SMILES string of the molecule is COC(=O)C(Br)NC(=O)C(C)NC(=O)c1ccccc1. The zero-order valence-electron chi connectivity index (χ0n) is 11.1. The average molecular weight is 343 g/mol. The van der Waals surface area contributed by atoms with Crippen LogP contribution < -0.4 is 10.6 Å². The normalized spacial score (nSPS) is 12.9. The molecule has 20 heavy (non-hydrogen) atoms. The van der Waals surface area contributed by atoms with Gasteiger partial charge in [-0.15, -0.1) is 0 Å². The van der Waals surface area contributed by atoms with Crippen molar-refractivity contribution in [1.82, 2.24) is 10.6 Å². The highest BCUT2D eigenvalue weighted by Gasteiger charge is 2.22. The van der Waals surface area contributed by atoms with Crippen LogP contribution in [0.1, 0.15) is 17.3 Å². The molecule has 0 aliphatic carbocycles. The highest BCUT2D eigenvalue weighted by atomic mass is 79.9. The Bertz CT molecular complexity index is 492. The number of methoxy groups -OCH3 is 1. The number of amides is 2. The molecule has 1 aromatic rings. The van der Waals surface area contributed by atoms with Gasteiger partial charge in [0.05, 0.1) is 7.11 Å². The lowest BCUT2D eigenvalue weighted by atomic mass is 10.2. The minimum Gasteiger partial charge on any atom is -0.467 e. The maximum Gasteiger partial charge on any atom is 0.339 e. The molecule has 0 saturated carbocycles. The molecule has 0 aromatic heterocycles. The number of hydrogen-bond donors (Lipinski definition) is 2. The second-order valence-corrected chi connectivity index (χ2v) is 4.87. The van der Waals surface area contributed by atoms with Crippen molar-refractivity contribution >= 4 is 33.7 Å². The summed E-state index contributed by atoms with van der Waals surface area (Å²) < 4.78 is 4.46. The van der Waals surface area contributed by atoms with Gasteiger partial charge < -0.3 is 15.4 Å². The number of carbonyl (C=O) groups excluding carboxylic acids is 3. The van der Waals surface area contributed by atoms with Crippen LogP contribution in [0.25, 0.3) is 0 Å². The summed E-state index contributed by atoms with van der Waals surface area (Å²) in [6, 6.07) is 7.74. The van der Waals surface area contributed by atoms with E-state index in [1.54, 1.807) is 30.3 Å². The van der Waals surface area contributed by atoms with Crippen LogP contribution in [0, 0.1) is 0 Å². The maximum absolute atomic E-state index is 11.8. The van der Waals surface area contributed by atoms with Crippen molar-refractivity contribution in [3.63, 3.8) is 0 Å². The number of alkyl halides is 1. The molecule has 2 unspecified atom stereocenters. The largest absolute Gasteiger partial charge is 0.467 e. The molecule has 7 heteroatoms. The summed E-state index contributed by atoms with van der Waals surface area (Å²) >= 11 is 2.96. The van der Waals surface area contributed by atoms with Crippen molar-refractivity contribution < 1.29 is 19.1 Å². The third kappa shape index (κ3) is 4.65. The molecule has 0 fully saturated rings. The standard InChI is InChI=1S/C13H15BrN2O4/c1-8(11(17)16-10(14)13(19)20-2)15-12(18)9-6-4-3-5-7-9/h3-8,10H,1-2H3,(H,15,18)(H,16,17). The molecule has 0 aliphatic rings. The summed E-state index contributed by atoms with van der Waals surface area (Å²) in [6.45, 7) is 1.52. The quantitative estimate of drug-likeness (QED) is 0.471. The first-order valence-electron chi connectivity index (χ1n) is 5.84. The van der Waals surface area contributed by atoms with Crippen LogP contribution in [0.2, 0.25) is 0 Å². The minimum absolute atomic E-state index is 0.363. The maximum atomic E-state index is 11.8. The molecule has 0 bridgehead atoms. The Morgan fingerprint density at radius 3 is 2.30 bits per heavy atom. The highest BCUT2D eigenvalue weighted by Crippen LogP contribution is 2.01. The Morgan fingerprint density at radius 2 is 1.75 bits per heavy atom. The Labute approximate surface area is 125 Å². The molecule has 1 rings (SSSR count). The highest BCUT2D eigenvalue weighted by molar-refractivity contribution is 9.10. The van der Waals surface area contributed by atoms with E-state index < -0.39 is 22.9 Å². The molecular weight excluding hydrogens is 328 g/mol. The molecule has 2 atom stereocenters. The Hall–Kier alpha value is -1.89. The van der Waals surface area contributed by atoms with Gasteiger partial charge in [0.25, 0.3) is 5.91 Å².